The maximum atomic E-state index is 10.2. The molecular weight excluding hydrogens is 276 g/mol. The topological polar surface area (TPSA) is 63.8 Å². The van der Waals surface area contributed by atoms with Crippen molar-refractivity contribution >= 4 is 11.2 Å². The molecule has 1 aromatic carbocycles. The van der Waals surface area contributed by atoms with E-state index in [1.165, 1.54) is 0 Å². The van der Waals surface area contributed by atoms with E-state index in [0.29, 0.717) is 11.4 Å². The summed E-state index contributed by atoms with van der Waals surface area (Å²) < 4.78 is 1.90. The molecule has 0 fully saturated rings. The molecule has 4 rings (SSSR count). The summed E-state index contributed by atoms with van der Waals surface area (Å²) in [6.07, 6.45) is 5.19. The third-order valence-electron chi connectivity index (χ3n) is 3.47. The Morgan fingerprint density at radius 2 is 1.77 bits per heavy atom. The van der Waals surface area contributed by atoms with Crippen LogP contribution in [0.15, 0.2) is 67.1 Å². The predicted octanol–water partition coefficient (Wildman–Crippen LogP) is 3.19. The van der Waals surface area contributed by atoms with Crippen LogP contribution in [0.2, 0.25) is 0 Å². The van der Waals surface area contributed by atoms with Crippen molar-refractivity contribution in [2.24, 2.45) is 0 Å². The minimum absolute atomic E-state index is 0.183. The lowest BCUT2D eigenvalue weighted by atomic mass is 10.2. The molecule has 0 aliphatic carbocycles. The van der Waals surface area contributed by atoms with Crippen molar-refractivity contribution in [3.8, 4) is 22.8 Å². The molecule has 0 amide bonds. The molecule has 0 radical (unpaired) electrons. The van der Waals surface area contributed by atoms with Gasteiger partial charge in [0.05, 0.1) is 17.4 Å². The molecule has 0 aliphatic rings. The fraction of sp³-hybridized carbons (Fsp3) is 0. The minimum atomic E-state index is 0.183. The van der Waals surface area contributed by atoms with E-state index in [2.05, 4.69) is 15.0 Å². The first-order chi connectivity index (χ1) is 10.8. The molecule has 3 heterocycles. The molecule has 3 aromatic heterocycles. The normalized spacial score (nSPS) is 10.9. The van der Waals surface area contributed by atoms with Crippen molar-refractivity contribution in [3.63, 3.8) is 0 Å². The van der Waals surface area contributed by atoms with Gasteiger partial charge in [0, 0.05) is 12.4 Å². The number of aromatic hydroxyl groups is 1. The first-order valence-electron chi connectivity index (χ1n) is 6.87. The summed E-state index contributed by atoms with van der Waals surface area (Å²) in [5.74, 6) is 0.822. The number of benzene rings is 1. The number of para-hydroxylation sites is 1. The van der Waals surface area contributed by atoms with Gasteiger partial charge in [0.15, 0.2) is 11.5 Å². The van der Waals surface area contributed by atoms with E-state index < -0.39 is 0 Å². The average molecular weight is 288 g/mol. The van der Waals surface area contributed by atoms with Gasteiger partial charge in [-0.3, -0.25) is 9.55 Å². The van der Waals surface area contributed by atoms with Gasteiger partial charge in [0.2, 0.25) is 0 Å². The van der Waals surface area contributed by atoms with Crippen LogP contribution in [0.1, 0.15) is 0 Å². The Balaban J connectivity index is 2.09. The Morgan fingerprint density at radius 1 is 0.909 bits per heavy atom. The Hall–Kier alpha value is -3.21. The predicted molar refractivity (Wildman–Crippen MR) is 83.8 cm³/mol. The van der Waals surface area contributed by atoms with Crippen molar-refractivity contribution in [1.29, 1.82) is 0 Å². The first kappa shape index (κ1) is 12.5. The van der Waals surface area contributed by atoms with Gasteiger partial charge >= 0.3 is 0 Å². The Labute approximate surface area is 126 Å². The lowest BCUT2D eigenvalue weighted by Gasteiger charge is -2.09. The van der Waals surface area contributed by atoms with Gasteiger partial charge in [-0.1, -0.05) is 12.1 Å². The van der Waals surface area contributed by atoms with Gasteiger partial charge in [-0.15, -0.1) is 0 Å². The van der Waals surface area contributed by atoms with Gasteiger partial charge in [0.25, 0.3) is 0 Å². The Bertz CT molecular complexity index is 947. The maximum absolute atomic E-state index is 10.2. The van der Waals surface area contributed by atoms with Crippen molar-refractivity contribution in [1.82, 2.24) is 19.5 Å². The first-order valence-corrected chi connectivity index (χ1v) is 6.87. The summed E-state index contributed by atoms with van der Waals surface area (Å²) in [5, 5.41) is 10.2. The molecule has 5 nitrogen and oxygen atoms in total. The second-order valence-corrected chi connectivity index (χ2v) is 4.85. The van der Waals surface area contributed by atoms with Gasteiger partial charge in [-0.2, -0.15) is 0 Å². The van der Waals surface area contributed by atoms with E-state index in [-0.39, 0.29) is 5.75 Å². The van der Waals surface area contributed by atoms with E-state index in [9.17, 15) is 5.11 Å². The molecule has 0 unspecified atom stereocenters. The van der Waals surface area contributed by atoms with Gasteiger partial charge < -0.3 is 5.11 Å². The highest BCUT2D eigenvalue weighted by atomic mass is 16.3. The second-order valence-electron chi connectivity index (χ2n) is 4.85. The summed E-state index contributed by atoms with van der Waals surface area (Å²) >= 11 is 0. The third kappa shape index (κ3) is 1.91. The highest BCUT2D eigenvalue weighted by Gasteiger charge is 2.17. The van der Waals surface area contributed by atoms with Crippen LogP contribution in [0.5, 0.6) is 5.75 Å². The number of fused-ring (bicyclic) bond motifs is 1. The van der Waals surface area contributed by atoms with E-state index in [0.717, 1.165) is 16.9 Å². The molecule has 0 bridgehead atoms. The molecule has 22 heavy (non-hydrogen) atoms. The molecular formula is C17H12N4O. The summed E-state index contributed by atoms with van der Waals surface area (Å²) in [5.41, 5.74) is 3.00. The number of nitrogens with zero attached hydrogens (tertiary/aromatic N) is 4. The fourth-order valence-electron chi connectivity index (χ4n) is 2.49. The van der Waals surface area contributed by atoms with E-state index in [4.69, 9.17) is 0 Å². The van der Waals surface area contributed by atoms with Crippen LogP contribution in [0.3, 0.4) is 0 Å². The molecule has 5 heteroatoms. The standard InChI is InChI=1S/C17H12N4O/c22-15-8-2-1-6-13(15)16-20-14-7-4-10-19-17(14)21(16)12-5-3-9-18-11-12/h1-11,22H. The largest absolute Gasteiger partial charge is 0.507 e. The number of hydrogen-bond acceptors (Lipinski definition) is 4. The minimum Gasteiger partial charge on any atom is -0.507 e. The highest BCUT2D eigenvalue weighted by Crippen LogP contribution is 2.32. The maximum Gasteiger partial charge on any atom is 0.165 e. The number of aromatic nitrogens is 4. The number of phenolic OH excluding ortho intramolecular Hbond substituents is 1. The van der Waals surface area contributed by atoms with Crippen LogP contribution in [-0.2, 0) is 0 Å². The molecule has 106 valence electrons. The number of imidazole rings is 1. The molecule has 0 atom stereocenters. The van der Waals surface area contributed by atoms with E-state index in [1.807, 2.05) is 41.0 Å². The average Bonchev–Trinajstić information content (AvgIpc) is 2.95. The molecule has 0 spiro atoms. The number of hydrogen-bond donors (Lipinski definition) is 1. The van der Waals surface area contributed by atoms with Gasteiger partial charge in [-0.25, -0.2) is 9.97 Å². The van der Waals surface area contributed by atoms with Gasteiger partial charge in [-0.05, 0) is 36.4 Å². The fourth-order valence-corrected chi connectivity index (χ4v) is 2.49. The van der Waals surface area contributed by atoms with Crippen LogP contribution >= 0.6 is 0 Å². The number of pyridine rings is 2. The summed E-state index contributed by atoms with van der Waals surface area (Å²) in [4.78, 5) is 13.2. The monoisotopic (exact) mass is 288 g/mol. The SMILES string of the molecule is Oc1ccccc1-c1nc2cccnc2n1-c1cccnc1. The van der Waals surface area contributed by atoms with Crippen LogP contribution in [-0.4, -0.2) is 24.6 Å². The Morgan fingerprint density at radius 3 is 2.59 bits per heavy atom. The smallest absolute Gasteiger partial charge is 0.165 e. The second kappa shape index (κ2) is 4.96. The number of phenols is 1. The third-order valence-corrected chi connectivity index (χ3v) is 3.47. The summed E-state index contributed by atoms with van der Waals surface area (Å²) in [6, 6.07) is 14.7. The van der Waals surface area contributed by atoms with Crippen molar-refractivity contribution in [2.45, 2.75) is 0 Å². The molecule has 4 aromatic rings. The van der Waals surface area contributed by atoms with E-state index >= 15 is 0 Å². The van der Waals surface area contributed by atoms with Crippen molar-refractivity contribution in [3.05, 3.63) is 67.1 Å². The molecule has 0 saturated carbocycles. The molecule has 1 N–H and O–H groups in total. The van der Waals surface area contributed by atoms with Crippen molar-refractivity contribution < 1.29 is 5.11 Å². The summed E-state index contributed by atoms with van der Waals surface area (Å²) in [7, 11) is 0. The zero-order valence-electron chi connectivity index (χ0n) is 11.6. The van der Waals surface area contributed by atoms with E-state index in [1.54, 1.807) is 30.7 Å². The zero-order valence-corrected chi connectivity index (χ0v) is 11.6. The quantitative estimate of drug-likeness (QED) is 0.615. The Kier molecular flexibility index (Phi) is 2.83. The summed E-state index contributed by atoms with van der Waals surface area (Å²) in [6.45, 7) is 0. The van der Waals surface area contributed by atoms with Crippen LogP contribution < -0.4 is 0 Å². The van der Waals surface area contributed by atoms with Gasteiger partial charge in [0.1, 0.15) is 11.3 Å². The van der Waals surface area contributed by atoms with Crippen LogP contribution in [0, 0.1) is 0 Å². The van der Waals surface area contributed by atoms with Crippen LogP contribution in [0.4, 0.5) is 0 Å². The van der Waals surface area contributed by atoms with Crippen LogP contribution in [0.25, 0.3) is 28.2 Å². The van der Waals surface area contributed by atoms with Crippen molar-refractivity contribution in [2.75, 3.05) is 0 Å². The lowest BCUT2D eigenvalue weighted by Crippen LogP contribution is -1.99. The lowest BCUT2D eigenvalue weighted by molar-refractivity contribution is 0.477. The highest BCUT2D eigenvalue weighted by molar-refractivity contribution is 5.81. The molecule has 0 saturated heterocycles. The zero-order chi connectivity index (χ0) is 14.9. The number of rotatable bonds is 2. The molecule has 0 aliphatic heterocycles.